The zero-order valence-corrected chi connectivity index (χ0v) is 11.6. The van der Waals surface area contributed by atoms with E-state index in [0.717, 1.165) is 12.8 Å². The Kier molecular flexibility index (Phi) is 7.44. The third-order valence-electron chi connectivity index (χ3n) is 2.24. The van der Waals surface area contributed by atoms with Crippen molar-refractivity contribution in [3.63, 3.8) is 0 Å². The first-order valence-corrected chi connectivity index (χ1v) is 6.59. The first kappa shape index (κ1) is 15.0. The Labute approximate surface area is 113 Å². The standard InChI is InChI=1S/C12H20ClN3O2/c1-3-6-18-12-8-14-7-11(16-12)15-10(4-5-13)9-17-2/h7-8,10H,3-6,9H2,1-2H3,(H,15,16). The average Bonchev–Trinajstić information content (AvgIpc) is 2.37. The number of aromatic nitrogens is 2. The minimum Gasteiger partial charge on any atom is -0.477 e. The van der Waals surface area contributed by atoms with Crippen LogP contribution in [0, 0.1) is 0 Å². The summed E-state index contributed by atoms with van der Waals surface area (Å²) in [4.78, 5) is 8.41. The van der Waals surface area contributed by atoms with Crippen LogP contribution in [0.1, 0.15) is 19.8 Å². The minimum absolute atomic E-state index is 0.128. The van der Waals surface area contributed by atoms with Gasteiger partial charge in [-0.25, -0.2) is 0 Å². The van der Waals surface area contributed by atoms with Crippen LogP contribution in [0.5, 0.6) is 5.88 Å². The maximum absolute atomic E-state index is 5.74. The van der Waals surface area contributed by atoms with Crippen molar-refractivity contribution in [1.82, 2.24) is 9.97 Å². The summed E-state index contributed by atoms with van der Waals surface area (Å²) in [5, 5.41) is 3.23. The van der Waals surface area contributed by atoms with Crippen molar-refractivity contribution in [2.24, 2.45) is 0 Å². The first-order valence-electron chi connectivity index (χ1n) is 6.06. The molecule has 0 saturated carbocycles. The van der Waals surface area contributed by atoms with Gasteiger partial charge in [-0.05, 0) is 12.8 Å². The molecule has 0 aliphatic rings. The predicted octanol–water partition coefficient (Wildman–Crippen LogP) is 2.32. The summed E-state index contributed by atoms with van der Waals surface area (Å²) in [7, 11) is 1.66. The number of ether oxygens (including phenoxy) is 2. The summed E-state index contributed by atoms with van der Waals surface area (Å²) in [6.45, 7) is 3.26. The molecule has 102 valence electrons. The fourth-order valence-electron chi connectivity index (χ4n) is 1.43. The lowest BCUT2D eigenvalue weighted by atomic mass is 10.2. The van der Waals surface area contributed by atoms with Crippen LogP contribution in [-0.4, -0.2) is 42.2 Å². The van der Waals surface area contributed by atoms with Crippen LogP contribution in [0.4, 0.5) is 5.82 Å². The smallest absolute Gasteiger partial charge is 0.234 e. The molecule has 0 aliphatic heterocycles. The fourth-order valence-corrected chi connectivity index (χ4v) is 1.70. The van der Waals surface area contributed by atoms with Gasteiger partial charge in [0.2, 0.25) is 5.88 Å². The molecule has 0 amide bonds. The number of methoxy groups -OCH3 is 1. The monoisotopic (exact) mass is 273 g/mol. The summed E-state index contributed by atoms with van der Waals surface area (Å²) >= 11 is 5.74. The normalized spacial score (nSPS) is 12.2. The Morgan fingerprint density at radius 1 is 1.44 bits per heavy atom. The summed E-state index contributed by atoms with van der Waals surface area (Å²) in [5.74, 6) is 1.78. The minimum atomic E-state index is 0.128. The summed E-state index contributed by atoms with van der Waals surface area (Å²) in [6.07, 6.45) is 5.01. The summed E-state index contributed by atoms with van der Waals surface area (Å²) < 4.78 is 10.5. The van der Waals surface area contributed by atoms with Crippen LogP contribution < -0.4 is 10.1 Å². The van der Waals surface area contributed by atoms with Gasteiger partial charge in [-0.2, -0.15) is 4.98 Å². The molecule has 0 saturated heterocycles. The molecule has 1 atom stereocenters. The molecular weight excluding hydrogens is 254 g/mol. The van der Waals surface area contributed by atoms with E-state index in [4.69, 9.17) is 21.1 Å². The van der Waals surface area contributed by atoms with Crippen molar-refractivity contribution in [2.45, 2.75) is 25.8 Å². The molecule has 0 fully saturated rings. The van der Waals surface area contributed by atoms with E-state index in [-0.39, 0.29) is 6.04 Å². The number of anilines is 1. The molecule has 1 aromatic heterocycles. The Hall–Kier alpha value is -1.07. The number of hydrogen-bond acceptors (Lipinski definition) is 5. The van der Waals surface area contributed by atoms with Crippen molar-refractivity contribution in [1.29, 1.82) is 0 Å². The lowest BCUT2D eigenvalue weighted by molar-refractivity contribution is 0.184. The molecule has 0 radical (unpaired) electrons. The second kappa shape index (κ2) is 8.94. The summed E-state index contributed by atoms with van der Waals surface area (Å²) in [5.41, 5.74) is 0. The van der Waals surface area contributed by atoms with Crippen LogP contribution in [0.25, 0.3) is 0 Å². The zero-order chi connectivity index (χ0) is 13.2. The van der Waals surface area contributed by atoms with E-state index in [1.807, 2.05) is 6.92 Å². The quantitative estimate of drug-likeness (QED) is 0.700. The van der Waals surface area contributed by atoms with E-state index < -0.39 is 0 Å². The molecular formula is C12H20ClN3O2. The van der Waals surface area contributed by atoms with E-state index in [0.29, 0.717) is 30.8 Å². The first-order chi connectivity index (χ1) is 8.80. The van der Waals surface area contributed by atoms with Crippen molar-refractivity contribution >= 4 is 17.4 Å². The van der Waals surface area contributed by atoms with Crippen molar-refractivity contribution < 1.29 is 9.47 Å². The Morgan fingerprint density at radius 2 is 2.28 bits per heavy atom. The van der Waals surface area contributed by atoms with Gasteiger partial charge < -0.3 is 14.8 Å². The molecule has 0 aliphatic carbocycles. The highest BCUT2D eigenvalue weighted by atomic mass is 35.5. The molecule has 1 rings (SSSR count). The average molecular weight is 274 g/mol. The zero-order valence-electron chi connectivity index (χ0n) is 10.9. The number of alkyl halides is 1. The van der Waals surface area contributed by atoms with E-state index in [2.05, 4.69) is 15.3 Å². The van der Waals surface area contributed by atoms with Gasteiger partial charge in [0.05, 0.1) is 31.6 Å². The van der Waals surface area contributed by atoms with Crippen LogP contribution in [0.2, 0.25) is 0 Å². The molecule has 1 unspecified atom stereocenters. The van der Waals surface area contributed by atoms with Crippen LogP contribution in [-0.2, 0) is 4.74 Å². The maximum atomic E-state index is 5.74. The van der Waals surface area contributed by atoms with Gasteiger partial charge >= 0.3 is 0 Å². The molecule has 18 heavy (non-hydrogen) atoms. The molecule has 6 heteroatoms. The third-order valence-corrected chi connectivity index (χ3v) is 2.46. The summed E-state index contributed by atoms with van der Waals surface area (Å²) in [6, 6.07) is 0.128. The van der Waals surface area contributed by atoms with E-state index in [9.17, 15) is 0 Å². The highest BCUT2D eigenvalue weighted by molar-refractivity contribution is 6.17. The molecule has 0 bridgehead atoms. The van der Waals surface area contributed by atoms with E-state index >= 15 is 0 Å². The van der Waals surface area contributed by atoms with Gasteiger partial charge in [0.15, 0.2) is 0 Å². The number of halogens is 1. The molecule has 1 heterocycles. The molecule has 0 spiro atoms. The fraction of sp³-hybridized carbons (Fsp3) is 0.667. The molecule has 0 aromatic carbocycles. The Bertz CT molecular complexity index is 333. The molecule has 1 N–H and O–H groups in total. The lowest BCUT2D eigenvalue weighted by Crippen LogP contribution is -2.26. The van der Waals surface area contributed by atoms with E-state index in [1.54, 1.807) is 19.5 Å². The number of hydrogen-bond donors (Lipinski definition) is 1. The second-order valence-corrected chi connectivity index (χ2v) is 4.24. The van der Waals surface area contributed by atoms with Crippen molar-refractivity contribution in [3.05, 3.63) is 12.4 Å². The number of nitrogens with one attached hydrogen (secondary N) is 1. The second-order valence-electron chi connectivity index (χ2n) is 3.87. The van der Waals surface area contributed by atoms with Crippen molar-refractivity contribution in [3.8, 4) is 5.88 Å². The molecule has 1 aromatic rings. The van der Waals surface area contributed by atoms with Crippen molar-refractivity contribution in [2.75, 3.05) is 31.5 Å². The number of nitrogens with zero attached hydrogens (tertiary/aromatic N) is 2. The lowest BCUT2D eigenvalue weighted by Gasteiger charge is -2.17. The van der Waals surface area contributed by atoms with E-state index in [1.165, 1.54) is 0 Å². The largest absolute Gasteiger partial charge is 0.477 e. The van der Waals surface area contributed by atoms with Gasteiger partial charge in [-0.15, -0.1) is 11.6 Å². The van der Waals surface area contributed by atoms with Crippen LogP contribution in [0.15, 0.2) is 12.4 Å². The SMILES string of the molecule is CCCOc1cncc(NC(CCCl)COC)n1. The van der Waals surface area contributed by atoms with Gasteiger partial charge in [0.25, 0.3) is 0 Å². The van der Waals surface area contributed by atoms with Gasteiger partial charge in [-0.3, -0.25) is 4.98 Å². The number of rotatable bonds is 9. The highest BCUT2D eigenvalue weighted by Crippen LogP contribution is 2.11. The van der Waals surface area contributed by atoms with Gasteiger partial charge in [0, 0.05) is 13.0 Å². The van der Waals surface area contributed by atoms with Crippen LogP contribution in [0.3, 0.4) is 0 Å². The van der Waals surface area contributed by atoms with Gasteiger partial charge in [0.1, 0.15) is 5.82 Å². The third kappa shape index (κ3) is 5.51. The highest BCUT2D eigenvalue weighted by Gasteiger charge is 2.09. The Balaban J connectivity index is 2.58. The predicted molar refractivity (Wildman–Crippen MR) is 72.4 cm³/mol. The maximum Gasteiger partial charge on any atom is 0.234 e. The topological polar surface area (TPSA) is 56.3 Å². The molecule has 5 nitrogen and oxygen atoms in total. The van der Waals surface area contributed by atoms with Crippen LogP contribution >= 0.6 is 11.6 Å². The van der Waals surface area contributed by atoms with Gasteiger partial charge in [-0.1, -0.05) is 6.92 Å². The Morgan fingerprint density at radius 3 is 2.94 bits per heavy atom.